The zero-order valence-electron chi connectivity index (χ0n) is 17.0. The molecule has 0 N–H and O–H groups in total. The van der Waals surface area contributed by atoms with E-state index in [-0.39, 0.29) is 24.4 Å². The molecule has 3 nitrogen and oxygen atoms in total. The van der Waals surface area contributed by atoms with Crippen LogP contribution < -0.4 is 0 Å². The summed E-state index contributed by atoms with van der Waals surface area (Å²) in [4.78, 5) is 0. The molecule has 0 radical (unpaired) electrons. The largest absolute Gasteiger partial charge is 0.375 e. The van der Waals surface area contributed by atoms with E-state index in [1.165, 1.54) is 11.1 Å². The molecule has 2 aliphatic heterocycles. The molecule has 0 saturated carbocycles. The molecule has 2 saturated heterocycles. The fraction of sp³-hybridized carbons (Fsp3) is 0.385. The molecule has 2 aromatic rings. The summed E-state index contributed by atoms with van der Waals surface area (Å²) in [6.45, 7) is 9.56. The average Bonchev–Trinajstić information content (AvgIpc) is 2.66. The fourth-order valence-corrected chi connectivity index (χ4v) is 4.13. The maximum Gasteiger partial charge on any atom is 0.0883 e. The van der Waals surface area contributed by atoms with Crippen molar-refractivity contribution in [3.8, 4) is 0 Å². The van der Waals surface area contributed by atoms with E-state index in [9.17, 15) is 0 Å². The first-order valence-electron chi connectivity index (χ1n) is 10.6. The molecular formula is C26H30O3. The normalized spacial score (nSPS) is 22.8. The van der Waals surface area contributed by atoms with Crippen LogP contribution in [0.2, 0.25) is 0 Å². The summed E-state index contributed by atoms with van der Waals surface area (Å²) < 4.78 is 18.5. The molecule has 2 aliphatic rings. The molecule has 2 aromatic carbocycles. The topological polar surface area (TPSA) is 27.7 Å². The molecule has 152 valence electrons. The molecule has 3 heteroatoms. The minimum absolute atomic E-state index is 0.00921. The molecule has 29 heavy (non-hydrogen) atoms. The highest BCUT2D eigenvalue weighted by Gasteiger charge is 2.36. The lowest BCUT2D eigenvalue weighted by Gasteiger charge is -2.40. The summed E-state index contributed by atoms with van der Waals surface area (Å²) in [6.07, 6.45) is 7.87. The monoisotopic (exact) mass is 390 g/mol. The Bertz CT molecular complexity index is 766. The van der Waals surface area contributed by atoms with E-state index in [1.807, 2.05) is 24.3 Å². The van der Waals surface area contributed by atoms with Crippen molar-refractivity contribution in [3.63, 3.8) is 0 Å². The molecule has 4 atom stereocenters. The third kappa shape index (κ3) is 4.69. The van der Waals surface area contributed by atoms with Crippen molar-refractivity contribution < 1.29 is 14.2 Å². The average molecular weight is 391 g/mol. The van der Waals surface area contributed by atoms with Gasteiger partial charge in [-0.05, 0) is 35.1 Å². The van der Waals surface area contributed by atoms with Crippen LogP contribution in [0, 0.1) is 0 Å². The quantitative estimate of drug-likeness (QED) is 0.566. The maximum absolute atomic E-state index is 6.75. The first-order chi connectivity index (χ1) is 14.3. The Kier molecular flexibility index (Phi) is 6.60. The summed E-state index contributed by atoms with van der Waals surface area (Å²) in [5, 5.41) is 0. The van der Waals surface area contributed by atoms with Crippen LogP contribution in [0.25, 0.3) is 12.2 Å². The van der Waals surface area contributed by atoms with E-state index in [2.05, 4.69) is 49.6 Å². The van der Waals surface area contributed by atoms with Crippen LogP contribution >= 0.6 is 0 Å². The van der Waals surface area contributed by atoms with Gasteiger partial charge < -0.3 is 14.2 Å². The summed E-state index contributed by atoms with van der Waals surface area (Å²) >= 11 is 0. The van der Waals surface area contributed by atoms with Gasteiger partial charge in [0.15, 0.2) is 0 Å². The summed E-state index contributed by atoms with van der Waals surface area (Å²) in [5.41, 5.74) is 4.83. The molecule has 0 amide bonds. The minimum Gasteiger partial charge on any atom is -0.375 e. The Morgan fingerprint density at radius 2 is 1.21 bits per heavy atom. The number of rotatable bonds is 10. The highest BCUT2D eigenvalue weighted by Crippen LogP contribution is 2.29. The zero-order valence-corrected chi connectivity index (χ0v) is 17.0. The van der Waals surface area contributed by atoms with Gasteiger partial charge in [-0.1, -0.05) is 73.8 Å². The SMILES string of the molecule is C=Cc1ccccc1CC(OC(Cc1ccccc1C=C)C1CCO1)C1CCO1. The Balaban J connectivity index is 1.54. The van der Waals surface area contributed by atoms with E-state index in [0.717, 1.165) is 50.0 Å². The fourth-order valence-electron chi connectivity index (χ4n) is 4.13. The third-order valence-electron chi connectivity index (χ3n) is 6.04. The van der Waals surface area contributed by atoms with Crippen LogP contribution in [0.3, 0.4) is 0 Å². The molecule has 0 aliphatic carbocycles. The van der Waals surface area contributed by atoms with E-state index >= 15 is 0 Å². The number of hydrogen-bond acceptors (Lipinski definition) is 3. The molecular weight excluding hydrogens is 360 g/mol. The highest BCUT2D eigenvalue weighted by molar-refractivity contribution is 5.52. The van der Waals surface area contributed by atoms with Crippen LogP contribution in [0.15, 0.2) is 61.7 Å². The second kappa shape index (κ2) is 9.53. The van der Waals surface area contributed by atoms with Crippen LogP contribution in [0.1, 0.15) is 35.1 Å². The summed E-state index contributed by atoms with van der Waals surface area (Å²) in [7, 11) is 0. The Morgan fingerprint density at radius 3 is 1.55 bits per heavy atom. The van der Waals surface area contributed by atoms with Gasteiger partial charge in [-0.25, -0.2) is 0 Å². The van der Waals surface area contributed by atoms with Crippen LogP contribution in [-0.2, 0) is 27.1 Å². The smallest absolute Gasteiger partial charge is 0.0883 e. The van der Waals surface area contributed by atoms with Gasteiger partial charge in [-0.3, -0.25) is 0 Å². The van der Waals surface area contributed by atoms with Crippen molar-refractivity contribution in [2.75, 3.05) is 13.2 Å². The van der Waals surface area contributed by atoms with E-state index in [0.29, 0.717) is 0 Å². The lowest BCUT2D eigenvalue weighted by molar-refractivity contribution is -0.198. The van der Waals surface area contributed by atoms with Gasteiger partial charge in [0.2, 0.25) is 0 Å². The molecule has 2 fully saturated rings. The van der Waals surface area contributed by atoms with E-state index in [4.69, 9.17) is 14.2 Å². The van der Waals surface area contributed by atoms with E-state index < -0.39 is 0 Å². The Hall–Kier alpha value is -2.20. The third-order valence-corrected chi connectivity index (χ3v) is 6.04. The maximum atomic E-state index is 6.75. The van der Waals surface area contributed by atoms with Crippen molar-refractivity contribution in [3.05, 3.63) is 83.9 Å². The predicted octanol–water partition coefficient (Wildman–Crippen LogP) is 5.09. The predicted molar refractivity (Wildman–Crippen MR) is 118 cm³/mol. The van der Waals surface area contributed by atoms with Gasteiger partial charge in [0.05, 0.1) is 24.4 Å². The standard InChI is InChI=1S/C26H30O3/c1-3-19-9-5-7-11-21(19)17-25(23-13-15-27-23)29-26(24-14-16-28-24)18-22-12-8-6-10-20(22)4-2/h3-12,23-26H,1-2,13-18H2. The lowest BCUT2D eigenvalue weighted by Crippen LogP contribution is -2.49. The van der Waals surface area contributed by atoms with Crippen molar-refractivity contribution in [2.45, 2.75) is 50.1 Å². The van der Waals surface area contributed by atoms with Crippen LogP contribution in [-0.4, -0.2) is 37.6 Å². The number of ether oxygens (including phenoxy) is 3. The van der Waals surface area contributed by atoms with Crippen molar-refractivity contribution >= 4 is 12.2 Å². The van der Waals surface area contributed by atoms with Gasteiger partial charge >= 0.3 is 0 Å². The molecule has 4 rings (SSSR count). The van der Waals surface area contributed by atoms with Crippen molar-refractivity contribution in [2.24, 2.45) is 0 Å². The highest BCUT2D eigenvalue weighted by atomic mass is 16.6. The van der Waals surface area contributed by atoms with Gasteiger partial charge in [0.1, 0.15) is 0 Å². The first kappa shape index (κ1) is 20.1. The second-order valence-electron chi connectivity index (χ2n) is 7.82. The molecule has 0 aromatic heterocycles. The zero-order chi connectivity index (χ0) is 20.1. The molecule has 2 heterocycles. The van der Waals surface area contributed by atoms with E-state index in [1.54, 1.807) is 0 Å². The number of benzene rings is 2. The first-order valence-corrected chi connectivity index (χ1v) is 10.6. The summed E-state index contributed by atoms with van der Waals surface area (Å²) in [5.74, 6) is 0. The Morgan fingerprint density at radius 1 is 0.793 bits per heavy atom. The van der Waals surface area contributed by atoms with Gasteiger partial charge in [0, 0.05) is 26.1 Å². The van der Waals surface area contributed by atoms with Gasteiger partial charge in [-0.2, -0.15) is 0 Å². The van der Waals surface area contributed by atoms with Crippen LogP contribution in [0.4, 0.5) is 0 Å². The second-order valence-corrected chi connectivity index (χ2v) is 7.82. The van der Waals surface area contributed by atoms with Crippen molar-refractivity contribution in [1.29, 1.82) is 0 Å². The molecule has 4 unspecified atom stereocenters. The van der Waals surface area contributed by atoms with Crippen LogP contribution in [0.5, 0.6) is 0 Å². The van der Waals surface area contributed by atoms with Crippen molar-refractivity contribution in [1.82, 2.24) is 0 Å². The number of hydrogen-bond donors (Lipinski definition) is 0. The van der Waals surface area contributed by atoms with Gasteiger partial charge in [-0.15, -0.1) is 0 Å². The molecule has 0 spiro atoms. The summed E-state index contributed by atoms with van der Waals surface area (Å²) in [6, 6.07) is 16.8. The lowest BCUT2D eigenvalue weighted by atomic mass is 9.93. The van der Waals surface area contributed by atoms with Gasteiger partial charge in [0.25, 0.3) is 0 Å². The Labute approximate surface area is 174 Å². The minimum atomic E-state index is 0.00921. The molecule has 0 bridgehead atoms.